The van der Waals surface area contributed by atoms with Crippen LogP contribution in [-0.2, 0) is 13.1 Å². The SMILES string of the molecule is CCn1nc(C)cc1NC(=O)c1cccc(Cn2cccn2)c1. The number of hydrogen-bond donors (Lipinski definition) is 1. The van der Waals surface area contributed by atoms with Gasteiger partial charge in [0.05, 0.1) is 12.2 Å². The third-order valence-corrected chi connectivity index (χ3v) is 3.54. The summed E-state index contributed by atoms with van der Waals surface area (Å²) < 4.78 is 3.60. The number of carbonyl (C=O) groups excluding carboxylic acids is 1. The highest BCUT2D eigenvalue weighted by molar-refractivity contribution is 6.03. The average Bonchev–Trinajstić information content (AvgIpc) is 3.17. The number of aromatic nitrogens is 4. The fourth-order valence-electron chi connectivity index (χ4n) is 2.47. The molecular formula is C17H19N5O. The van der Waals surface area contributed by atoms with Gasteiger partial charge in [-0.15, -0.1) is 0 Å². The van der Waals surface area contributed by atoms with Gasteiger partial charge in [0.15, 0.2) is 0 Å². The molecule has 3 rings (SSSR count). The van der Waals surface area contributed by atoms with Crippen LogP contribution in [0.4, 0.5) is 5.82 Å². The van der Waals surface area contributed by atoms with Gasteiger partial charge in [-0.25, -0.2) is 4.68 Å². The Bertz CT molecular complexity index is 804. The number of nitrogens with zero attached hydrogens (tertiary/aromatic N) is 4. The summed E-state index contributed by atoms with van der Waals surface area (Å²) in [5.74, 6) is 0.578. The molecule has 0 aliphatic rings. The third-order valence-electron chi connectivity index (χ3n) is 3.54. The number of nitrogens with one attached hydrogen (secondary N) is 1. The van der Waals surface area contributed by atoms with E-state index in [1.54, 1.807) is 16.9 Å². The van der Waals surface area contributed by atoms with E-state index in [4.69, 9.17) is 0 Å². The van der Waals surface area contributed by atoms with Gasteiger partial charge in [-0.05, 0) is 37.6 Å². The molecule has 0 radical (unpaired) electrons. The first-order valence-corrected chi connectivity index (χ1v) is 7.58. The van der Waals surface area contributed by atoms with Crippen molar-refractivity contribution in [3.8, 4) is 0 Å². The number of aryl methyl sites for hydroxylation is 2. The predicted octanol–water partition coefficient (Wildman–Crippen LogP) is 2.71. The van der Waals surface area contributed by atoms with Crippen LogP contribution < -0.4 is 5.32 Å². The van der Waals surface area contributed by atoms with Gasteiger partial charge >= 0.3 is 0 Å². The summed E-state index contributed by atoms with van der Waals surface area (Å²) in [7, 11) is 0. The Morgan fingerprint density at radius 3 is 2.87 bits per heavy atom. The van der Waals surface area contributed by atoms with E-state index < -0.39 is 0 Å². The van der Waals surface area contributed by atoms with Crippen molar-refractivity contribution in [1.82, 2.24) is 19.6 Å². The summed E-state index contributed by atoms with van der Waals surface area (Å²) in [6, 6.07) is 11.3. The van der Waals surface area contributed by atoms with Crippen molar-refractivity contribution in [3.63, 3.8) is 0 Å². The summed E-state index contributed by atoms with van der Waals surface area (Å²) in [4.78, 5) is 12.5. The van der Waals surface area contributed by atoms with Crippen LogP contribution >= 0.6 is 0 Å². The Labute approximate surface area is 134 Å². The molecule has 1 aromatic carbocycles. The van der Waals surface area contributed by atoms with Crippen LogP contribution in [0.1, 0.15) is 28.5 Å². The largest absolute Gasteiger partial charge is 0.307 e. The highest BCUT2D eigenvalue weighted by atomic mass is 16.1. The average molecular weight is 309 g/mol. The molecule has 0 saturated heterocycles. The molecule has 0 aliphatic heterocycles. The summed E-state index contributed by atoms with van der Waals surface area (Å²) in [5.41, 5.74) is 2.53. The predicted molar refractivity (Wildman–Crippen MR) is 88.4 cm³/mol. The van der Waals surface area contributed by atoms with Crippen molar-refractivity contribution in [2.45, 2.75) is 26.9 Å². The van der Waals surface area contributed by atoms with E-state index >= 15 is 0 Å². The topological polar surface area (TPSA) is 64.7 Å². The van der Waals surface area contributed by atoms with Gasteiger partial charge in [0.1, 0.15) is 5.82 Å². The van der Waals surface area contributed by atoms with E-state index in [9.17, 15) is 4.79 Å². The van der Waals surface area contributed by atoms with Crippen LogP contribution in [0.2, 0.25) is 0 Å². The maximum atomic E-state index is 12.5. The number of carbonyl (C=O) groups is 1. The maximum Gasteiger partial charge on any atom is 0.256 e. The van der Waals surface area contributed by atoms with Crippen molar-refractivity contribution in [1.29, 1.82) is 0 Å². The number of rotatable bonds is 5. The summed E-state index contributed by atoms with van der Waals surface area (Å²) in [5, 5.41) is 11.4. The first kappa shape index (κ1) is 15.0. The van der Waals surface area contributed by atoms with Crippen LogP contribution in [0.3, 0.4) is 0 Å². The highest BCUT2D eigenvalue weighted by Gasteiger charge is 2.11. The van der Waals surface area contributed by atoms with Gasteiger partial charge in [-0.3, -0.25) is 9.48 Å². The lowest BCUT2D eigenvalue weighted by Crippen LogP contribution is -2.15. The lowest BCUT2D eigenvalue weighted by molar-refractivity contribution is 0.102. The molecule has 0 bridgehead atoms. The molecule has 118 valence electrons. The van der Waals surface area contributed by atoms with Crippen molar-refractivity contribution >= 4 is 11.7 Å². The van der Waals surface area contributed by atoms with Gasteiger partial charge in [0.25, 0.3) is 5.91 Å². The molecule has 0 aliphatic carbocycles. The molecule has 0 atom stereocenters. The molecular weight excluding hydrogens is 290 g/mol. The van der Waals surface area contributed by atoms with Crippen molar-refractivity contribution in [2.24, 2.45) is 0 Å². The van der Waals surface area contributed by atoms with E-state index in [-0.39, 0.29) is 5.91 Å². The van der Waals surface area contributed by atoms with Crippen LogP contribution in [0, 0.1) is 6.92 Å². The lowest BCUT2D eigenvalue weighted by atomic mass is 10.1. The zero-order valence-electron chi connectivity index (χ0n) is 13.2. The normalized spacial score (nSPS) is 10.7. The van der Waals surface area contributed by atoms with Crippen molar-refractivity contribution in [3.05, 3.63) is 65.6 Å². The molecule has 23 heavy (non-hydrogen) atoms. The maximum absolute atomic E-state index is 12.5. The van der Waals surface area contributed by atoms with E-state index in [1.165, 1.54) is 0 Å². The standard InChI is InChI=1S/C17H19N5O/c1-3-22-16(10-13(2)20-22)19-17(23)15-7-4-6-14(11-15)12-21-9-5-8-18-21/h4-11H,3,12H2,1-2H3,(H,19,23). The van der Waals surface area contributed by atoms with Gasteiger partial charge in [-0.1, -0.05) is 12.1 Å². The molecule has 2 heterocycles. The zero-order valence-corrected chi connectivity index (χ0v) is 13.2. The zero-order chi connectivity index (χ0) is 16.2. The Kier molecular flexibility index (Phi) is 4.23. The second-order valence-corrected chi connectivity index (χ2v) is 5.34. The molecule has 1 amide bonds. The molecule has 0 unspecified atom stereocenters. The highest BCUT2D eigenvalue weighted by Crippen LogP contribution is 2.13. The first-order valence-electron chi connectivity index (χ1n) is 7.58. The third kappa shape index (κ3) is 3.48. The lowest BCUT2D eigenvalue weighted by Gasteiger charge is -2.08. The molecule has 6 nitrogen and oxygen atoms in total. The number of anilines is 1. The van der Waals surface area contributed by atoms with E-state index in [0.717, 1.165) is 11.3 Å². The molecule has 1 N–H and O–H groups in total. The minimum atomic E-state index is -0.137. The Morgan fingerprint density at radius 2 is 2.13 bits per heavy atom. The van der Waals surface area contributed by atoms with Crippen LogP contribution in [0.15, 0.2) is 48.8 Å². The van der Waals surface area contributed by atoms with Crippen molar-refractivity contribution < 1.29 is 4.79 Å². The molecule has 0 saturated carbocycles. The Balaban J connectivity index is 1.77. The van der Waals surface area contributed by atoms with Crippen LogP contribution in [-0.4, -0.2) is 25.5 Å². The van der Waals surface area contributed by atoms with E-state index in [0.29, 0.717) is 24.5 Å². The monoisotopic (exact) mass is 309 g/mol. The van der Waals surface area contributed by atoms with E-state index in [2.05, 4.69) is 15.5 Å². The fourth-order valence-corrected chi connectivity index (χ4v) is 2.47. The summed E-state index contributed by atoms with van der Waals surface area (Å²) >= 11 is 0. The Morgan fingerprint density at radius 1 is 1.26 bits per heavy atom. The molecule has 6 heteroatoms. The minimum absolute atomic E-state index is 0.137. The first-order chi connectivity index (χ1) is 11.2. The van der Waals surface area contributed by atoms with E-state index in [1.807, 2.05) is 55.1 Å². The number of amides is 1. The van der Waals surface area contributed by atoms with Crippen LogP contribution in [0.25, 0.3) is 0 Å². The second-order valence-electron chi connectivity index (χ2n) is 5.34. The number of benzene rings is 1. The Hall–Kier alpha value is -2.89. The van der Waals surface area contributed by atoms with Gasteiger partial charge in [0, 0.05) is 30.6 Å². The number of hydrogen-bond acceptors (Lipinski definition) is 3. The van der Waals surface area contributed by atoms with Crippen LogP contribution in [0.5, 0.6) is 0 Å². The summed E-state index contributed by atoms with van der Waals surface area (Å²) in [6.07, 6.45) is 3.64. The molecule has 3 aromatic rings. The second kappa shape index (κ2) is 6.48. The minimum Gasteiger partial charge on any atom is -0.307 e. The van der Waals surface area contributed by atoms with Gasteiger partial charge in [-0.2, -0.15) is 10.2 Å². The molecule has 2 aromatic heterocycles. The smallest absolute Gasteiger partial charge is 0.256 e. The quantitative estimate of drug-likeness (QED) is 0.788. The molecule has 0 spiro atoms. The fraction of sp³-hybridized carbons (Fsp3) is 0.235. The summed E-state index contributed by atoms with van der Waals surface area (Å²) in [6.45, 7) is 5.25. The van der Waals surface area contributed by atoms with Gasteiger partial charge in [0.2, 0.25) is 0 Å². The molecule has 0 fully saturated rings. The van der Waals surface area contributed by atoms with Gasteiger partial charge < -0.3 is 5.32 Å². The van der Waals surface area contributed by atoms with Crippen molar-refractivity contribution in [2.75, 3.05) is 5.32 Å².